The molecule has 1 aliphatic rings. The number of anilines is 2. The molecule has 4 rings (SSSR count). The van der Waals surface area contributed by atoms with E-state index in [0.717, 1.165) is 53.8 Å². The third-order valence-electron chi connectivity index (χ3n) is 5.38. The fourth-order valence-electron chi connectivity index (χ4n) is 3.98. The number of aromatic amines is 1. The topological polar surface area (TPSA) is 81.3 Å². The summed E-state index contributed by atoms with van der Waals surface area (Å²) in [5.74, 6) is -0.223. The molecule has 2 N–H and O–H groups in total. The van der Waals surface area contributed by atoms with Crippen LogP contribution in [0.2, 0.25) is 0 Å². The maximum absolute atomic E-state index is 13.2. The van der Waals surface area contributed by atoms with Gasteiger partial charge >= 0.3 is 0 Å². The summed E-state index contributed by atoms with van der Waals surface area (Å²) in [6, 6.07) is 11.1. The van der Waals surface area contributed by atoms with Crippen molar-refractivity contribution in [1.29, 1.82) is 0 Å². The van der Waals surface area contributed by atoms with Gasteiger partial charge in [-0.25, -0.2) is 4.98 Å². The highest BCUT2D eigenvalue weighted by molar-refractivity contribution is 6.07. The van der Waals surface area contributed by atoms with Gasteiger partial charge in [-0.1, -0.05) is 0 Å². The number of fused-ring (bicyclic) bond motifs is 1. The van der Waals surface area contributed by atoms with Gasteiger partial charge in [0.15, 0.2) is 5.69 Å². The van der Waals surface area contributed by atoms with Gasteiger partial charge in [-0.3, -0.25) is 9.59 Å². The average Bonchev–Trinajstić information content (AvgIpc) is 3.22. The Morgan fingerprint density at radius 3 is 2.67 bits per heavy atom. The molecule has 7 nitrogen and oxygen atoms in total. The molecule has 0 unspecified atom stereocenters. The van der Waals surface area contributed by atoms with Gasteiger partial charge < -0.3 is 20.1 Å². The Morgan fingerprint density at radius 1 is 1.17 bits per heavy atom. The smallest absolute Gasteiger partial charge is 0.276 e. The van der Waals surface area contributed by atoms with Crippen molar-refractivity contribution in [3.8, 4) is 0 Å². The first-order valence-electron chi connectivity index (χ1n) is 10.3. The predicted molar refractivity (Wildman–Crippen MR) is 120 cm³/mol. The van der Waals surface area contributed by atoms with Crippen LogP contribution < -0.4 is 15.8 Å². The van der Waals surface area contributed by atoms with Gasteiger partial charge in [0.2, 0.25) is 5.56 Å². The summed E-state index contributed by atoms with van der Waals surface area (Å²) in [6.07, 6.45) is 2.26. The minimum atomic E-state index is -0.223. The number of nitrogens with one attached hydrogen (secondary N) is 2. The Balaban J connectivity index is 1.67. The molecule has 0 aliphatic carbocycles. The Kier molecular flexibility index (Phi) is 5.55. The van der Waals surface area contributed by atoms with Gasteiger partial charge in [0, 0.05) is 42.3 Å². The first-order chi connectivity index (χ1) is 14.4. The Hall–Kier alpha value is -3.19. The van der Waals surface area contributed by atoms with Crippen LogP contribution in [0.25, 0.3) is 10.9 Å². The van der Waals surface area contributed by atoms with Crippen molar-refractivity contribution >= 4 is 28.2 Å². The van der Waals surface area contributed by atoms with Gasteiger partial charge in [0.1, 0.15) is 0 Å². The van der Waals surface area contributed by atoms with Crippen LogP contribution in [0.4, 0.5) is 11.4 Å². The number of nitrogens with zero attached hydrogens (tertiary/aromatic N) is 3. The van der Waals surface area contributed by atoms with Crippen LogP contribution in [0.5, 0.6) is 0 Å². The Morgan fingerprint density at radius 2 is 1.93 bits per heavy atom. The van der Waals surface area contributed by atoms with E-state index in [9.17, 15) is 9.59 Å². The fourth-order valence-corrected chi connectivity index (χ4v) is 3.98. The molecule has 3 heterocycles. The van der Waals surface area contributed by atoms with Crippen LogP contribution in [0, 0.1) is 6.92 Å². The summed E-state index contributed by atoms with van der Waals surface area (Å²) in [5, 5.41) is 3.91. The van der Waals surface area contributed by atoms with Crippen molar-refractivity contribution in [3.63, 3.8) is 0 Å². The molecular formula is C23H27N5O2. The van der Waals surface area contributed by atoms with E-state index >= 15 is 0 Å². The maximum Gasteiger partial charge on any atom is 0.276 e. The summed E-state index contributed by atoms with van der Waals surface area (Å²) in [7, 11) is 3.97. The standard InChI is InChI=1S/C23H27N5O2/c1-15-12-21(29)26-19-8-6-16(13-18(15)19)25-23(30)22-20(28-10-4-5-11-28)9-7-17(24-22)14-27(2)3/h6-9,12-13H,4-5,10-11,14H2,1-3H3,(H,25,30)(H,26,29). The van der Waals surface area contributed by atoms with E-state index in [-0.39, 0.29) is 11.5 Å². The second kappa shape index (κ2) is 8.28. The maximum atomic E-state index is 13.2. The van der Waals surface area contributed by atoms with Gasteiger partial charge in [-0.15, -0.1) is 0 Å². The first-order valence-corrected chi connectivity index (χ1v) is 10.3. The molecule has 7 heteroatoms. The Labute approximate surface area is 175 Å². The molecule has 156 valence electrons. The summed E-state index contributed by atoms with van der Waals surface area (Å²) in [4.78, 5) is 36.7. The van der Waals surface area contributed by atoms with E-state index in [1.807, 2.05) is 50.2 Å². The van der Waals surface area contributed by atoms with E-state index in [4.69, 9.17) is 4.98 Å². The lowest BCUT2D eigenvalue weighted by Crippen LogP contribution is -2.25. The minimum absolute atomic E-state index is 0.131. The number of H-pyrrole nitrogens is 1. The second-order valence-electron chi connectivity index (χ2n) is 8.13. The number of aryl methyl sites for hydroxylation is 1. The van der Waals surface area contributed by atoms with E-state index in [2.05, 4.69) is 15.2 Å². The number of amides is 1. The van der Waals surface area contributed by atoms with Crippen LogP contribution in [-0.4, -0.2) is 48.0 Å². The second-order valence-corrected chi connectivity index (χ2v) is 8.13. The molecule has 0 bridgehead atoms. The van der Waals surface area contributed by atoms with Crippen LogP contribution in [0.15, 0.2) is 41.2 Å². The zero-order valence-electron chi connectivity index (χ0n) is 17.7. The number of benzene rings is 1. The van der Waals surface area contributed by atoms with Gasteiger partial charge in [0.05, 0.1) is 11.4 Å². The highest BCUT2D eigenvalue weighted by Crippen LogP contribution is 2.26. The molecule has 0 saturated carbocycles. The van der Waals surface area contributed by atoms with Crippen molar-refractivity contribution in [2.75, 3.05) is 37.4 Å². The number of hydrogen-bond acceptors (Lipinski definition) is 5. The van der Waals surface area contributed by atoms with E-state index in [1.165, 1.54) is 0 Å². The van der Waals surface area contributed by atoms with Crippen molar-refractivity contribution in [1.82, 2.24) is 14.9 Å². The molecular weight excluding hydrogens is 378 g/mol. The fraction of sp³-hybridized carbons (Fsp3) is 0.348. The summed E-state index contributed by atoms with van der Waals surface area (Å²) < 4.78 is 0. The number of carbonyl (C=O) groups is 1. The van der Waals surface area contributed by atoms with Crippen molar-refractivity contribution in [2.45, 2.75) is 26.3 Å². The minimum Gasteiger partial charge on any atom is -0.370 e. The molecule has 0 atom stereocenters. The highest BCUT2D eigenvalue weighted by Gasteiger charge is 2.22. The molecule has 1 aromatic carbocycles. The van der Waals surface area contributed by atoms with E-state index < -0.39 is 0 Å². The zero-order chi connectivity index (χ0) is 21.3. The lowest BCUT2D eigenvalue weighted by Gasteiger charge is -2.21. The molecule has 30 heavy (non-hydrogen) atoms. The summed E-state index contributed by atoms with van der Waals surface area (Å²) >= 11 is 0. The third kappa shape index (κ3) is 4.21. The molecule has 1 aliphatic heterocycles. The van der Waals surface area contributed by atoms with Crippen LogP contribution in [-0.2, 0) is 6.54 Å². The monoisotopic (exact) mass is 405 g/mol. The zero-order valence-corrected chi connectivity index (χ0v) is 17.7. The molecule has 2 aromatic heterocycles. The van der Waals surface area contributed by atoms with Crippen LogP contribution in [0.3, 0.4) is 0 Å². The summed E-state index contributed by atoms with van der Waals surface area (Å²) in [5.41, 5.74) is 4.36. The lowest BCUT2D eigenvalue weighted by molar-refractivity contribution is 0.102. The largest absolute Gasteiger partial charge is 0.370 e. The first kappa shape index (κ1) is 20.1. The van der Waals surface area contributed by atoms with E-state index in [0.29, 0.717) is 17.9 Å². The third-order valence-corrected chi connectivity index (χ3v) is 5.38. The number of pyridine rings is 2. The number of hydrogen-bond donors (Lipinski definition) is 2. The van der Waals surface area contributed by atoms with Gasteiger partial charge in [-0.2, -0.15) is 0 Å². The van der Waals surface area contributed by atoms with Gasteiger partial charge in [-0.05, 0) is 69.8 Å². The average molecular weight is 406 g/mol. The molecule has 1 amide bonds. The number of carbonyl (C=O) groups excluding carboxylic acids is 1. The molecule has 3 aromatic rings. The van der Waals surface area contributed by atoms with Crippen LogP contribution >= 0.6 is 0 Å². The molecule has 0 radical (unpaired) electrons. The Bertz CT molecular complexity index is 1150. The predicted octanol–water partition coefficient (Wildman–Crippen LogP) is 3.15. The molecule has 1 saturated heterocycles. The highest BCUT2D eigenvalue weighted by atomic mass is 16.2. The number of rotatable bonds is 5. The van der Waals surface area contributed by atoms with Gasteiger partial charge in [0.25, 0.3) is 5.91 Å². The molecule has 1 fully saturated rings. The van der Waals surface area contributed by atoms with Crippen LogP contribution in [0.1, 0.15) is 34.6 Å². The normalized spacial score (nSPS) is 13.9. The number of aromatic nitrogens is 2. The van der Waals surface area contributed by atoms with E-state index in [1.54, 1.807) is 12.1 Å². The SMILES string of the molecule is Cc1cc(=O)[nH]c2ccc(NC(=O)c3nc(CN(C)C)ccc3N3CCCC3)cc12. The van der Waals surface area contributed by atoms with Crippen molar-refractivity contribution in [2.24, 2.45) is 0 Å². The molecule has 0 spiro atoms. The summed E-state index contributed by atoms with van der Waals surface area (Å²) in [6.45, 7) is 4.44. The van der Waals surface area contributed by atoms with Crippen molar-refractivity contribution in [3.05, 3.63) is 63.7 Å². The quantitative estimate of drug-likeness (QED) is 0.682. The van der Waals surface area contributed by atoms with Crippen molar-refractivity contribution < 1.29 is 4.79 Å². The lowest BCUT2D eigenvalue weighted by atomic mass is 10.1.